The standard InChI is InChI=1S/C17H19N3O2/c1-12-6-5-9-14(10-12)19-17(22)20-16(21)11-15(18)13-7-3-2-4-8-13/h2-10,15H,11,18H2,1H3,(H2,19,20,21,22). The molecule has 2 aromatic rings. The molecule has 0 aliphatic carbocycles. The lowest BCUT2D eigenvalue weighted by Gasteiger charge is -2.12. The fourth-order valence-corrected chi connectivity index (χ4v) is 2.08. The third-order valence-electron chi connectivity index (χ3n) is 3.16. The highest BCUT2D eigenvalue weighted by Crippen LogP contribution is 2.13. The van der Waals surface area contributed by atoms with Crippen molar-refractivity contribution in [3.8, 4) is 0 Å². The Balaban J connectivity index is 1.85. The second-order valence-electron chi connectivity index (χ2n) is 5.09. The van der Waals surface area contributed by atoms with Crippen LogP contribution in [0.5, 0.6) is 0 Å². The first-order valence-electron chi connectivity index (χ1n) is 7.02. The molecule has 0 fully saturated rings. The van der Waals surface area contributed by atoms with E-state index in [0.717, 1.165) is 11.1 Å². The van der Waals surface area contributed by atoms with Crippen LogP contribution < -0.4 is 16.4 Å². The monoisotopic (exact) mass is 297 g/mol. The van der Waals surface area contributed by atoms with Crippen LogP contribution in [0.15, 0.2) is 54.6 Å². The number of amides is 3. The molecule has 0 aliphatic rings. The average Bonchev–Trinajstić information content (AvgIpc) is 2.47. The summed E-state index contributed by atoms with van der Waals surface area (Å²) in [7, 11) is 0. The number of urea groups is 1. The van der Waals surface area contributed by atoms with Crippen LogP contribution in [-0.4, -0.2) is 11.9 Å². The molecule has 114 valence electrons. The topological polar surface area (TPSA) is 84.2 Å². The lowest BCUT2D eigenvalue weighted by atomic mass is 10.0. The van der Waals surface area contributed by atoms with Gasteiger partial charge >= 0.3 is 6.03 Å². The predicted octanol–water partition coefficient (Wildman–Crippen LogP) is 2.73. The second-order valence-corrected chi connectivity index (χ2v) is 5.09. The van der Waals surface area contributed by atoms with E-state index in [0.29, 0.717) is 5.69 Å². The maximum absolute atomic E-state index is 11.8. The first kappa shape index (κ1) is 15.7. The summed E-state index contributed by atoms with van der Waals surface area (Å²) in [6.45, 7) is 1.92. The summed E-state index contributed by atoms with van der Waals surface area (Å²) in [5.74, 6) is -0.415. The molecule has 3 amide bonds. The van der Waals surface area contributed by atoms with Crippen molar-refractivity contribution >= 4 is 17.6 Å². The first-order valence-corrected chi connectivity index (χ1v) is 7.02. The molecule has 0 radical (unpaired) electrons. The number of rotatable bonds is 4. The van der Waals surface area contributed by atoms with Gasteiger partial charge in [0, 0.05) is 18.2 Å². The van der Waals surface area contributed by atoms with Crippen molar-refractivity contribution in [2.24, 2.45) is 5.73 Å². The lowest BCUT2D eigenvalue weighted by molar-refractivity contribution is -0.120. The van der Waals surface area contributed by atoms with E-state index in [1.807, 2.05) is 55.5 Å². The highest BCUT2D eigenvalue weighted by atomic mass is 16.2. The minimum absolute atomic E-state index is 0.0469. The van der Waals surface area contributed by atoms with Crippen molar-refractivity contribution < 1.29 is 9.59 Å². The van der Waals surface area contributed by atoms with E-state index < -0.39 is 18.0 Å². The SMILES string of the molecule is Cc1cccc(NC(=O)NC(=O)CC(N)c2ccccc2)c1. The van der Waals surface area contributed by atoms with Gasteiger partial charge in [0.1, 0.15) is 0 Å². The van der Waals surface area contributed by atoms with Gasteiger partial charge in [-0.15, -0.1) is 0 Å². The quantitative estimate of drug-likeness (QED) is 0.811. The molecule has 0 spiro atoms. The molecule has 0 saturated carbocycles. The number of hydrogen-bond acceptors (Lipinski definition) is 3. The zero-order valence-electron chi connectivity index (χ0n) is 12.4. The predicted molar refractivity (Wildman–Crippen MR) is 86.3 cm³/mol. The molecule has 0 bridgehead atoms. The van der Waals surface area contributed by atoms with Gasteiger partial charge in [0.25, 0.3) is 0 Å². The maximum Gasteiger partial charge on any atom is 0.325 e. The zero-order chi connectivity index (χ0) is 15.9. The third-order valence-corrected chi connectivity index (χ3v) is 3.16. The molecule has 0 heterocycles. The molecule has 2 aromatic carbocycles. The zero-order valence-corrected chi connectivity index (χ0v) is 12.4. The molecular formula is C17H19N3O2. The molecule has 0 aliphatic heterocycles. The van der Waals surface area contributed by atoms with Gasteiger partial charge in [-0.1, -0.05) is 42.5 Å². The van der Waals surface area contributed by atoms with E-state index in [1.54, 1.807) is 6.07 Å². The highest BCUT2D eigenvalue weighted by Gasteiger charge is 2.14. The van der Waals surface area contributed by atoms with Gasteiger partial charge in [-0.2, -0.15) is 0 Å². The van der Waals surface area contributed by atoms with Crippen molar-refractivity contribution in [3.63, 3.8) is 0 Å². The molecule has 0 saturated heterocycles. The molecule has 1 atom stereocenters. The Morgan fingerprint density at radius 1 is 1.09 bits per heavy atom. The Bertz CT molecular complexity index is 656. The summed E-state index contributed by atoms with van der Waals surface area (Å²) in [6, 6.07) is 15.6. The normalized spacial score (nSPS) is 11.5. The van der Waals surface area contributed by atoms with Gasteiger partial charge in [0.15, 0.2) is 0 Å². The molecule has 22 heavy (non-hydrogen) atoms. The number of nitrogens with one attached hydrogen (secondary N) is 2. The largest absolute Gasteiger partial charge is 0.325 e. The first-order chi connectivity index (χ1) is 10.5. The van der Waals surface area contributed by atoms with Crippen molar-refractivity contribution in [3.05, 3.63) is 65.7 Å². The van der Waals surface area contributed by atoms with E-state index in [-0.39, 0.29) is 6.42 Å². The fourth-order valence-electron chi connectivity index (χ4n) is 2.08. The minimum Gasteiger partial charge on any atom is -0.324 e. The molecule has 0 aromatic heterocycles. The Kier molecular flexibility index (Phi) is 5.27. The Morgan fingerprint density at radius 2 is 1.82 bits per heavy atom. The van der Waals surface area contributed by atoms with Crippen LogP contribution in [-0.2, 0) is 4.79 Å². The summed E-state index contributed by atoms with van der Waals surface area (Å²) < 4.78 is 0. The van der Waals surface area contributed by atoms with E-state index in [9.17, 15) is 9.59 Å². The number of nitrogens with two attached hydrogens (primary N) is 1. The summed E-state index contributed by atoms with van der Waals surface area (Å²) in [6.07, 6.45) is 0.0469. The number of hydrogen-bond donors (Lipinski definition) is 3. The molecule has 2 rings (SSSR count). The van der Waals surface area contributed by atoms with Crippen molar-refractivity contribution in [2.45, 2.75) is 19.4 Å². The number of aryl methyl sites for hydroxylation is 1. The smallest absolute Gasteiger partial charge is 0.324 e. The van der Waals surface area contributed by atoms with Crippen molar-refractivity contribution in [1.29, 1.82) is 0 Å². The van der Waals surface area contributed by atoms with E-state index in [1.165, 1.54) is 0 Å². The summed E-state index contributed by atoms with van der Waals surface area (Å²) in [4.78, 5) is 23.6. The number of imide groups is 1. The number of carbonyl (C=O) groups excluding carboxylic acids is 2. The van der Waals surface area contributed by atoms with Crippen LogP contribution in [0.3, 0.4) is 0 Å². The van der Waals surface area contributed by atoms with Gasteiger partial charge in [0.05, 0.1) is 0 Å². The molecule has 1 unspecified atom stereocenters. The minimum atomic E-state index is -0.559. The van der Waals surface area contributed by atoms with Gasteiger partial charge in [0.2, 0.25) is 5.91 Å². The maximum atomic E-state index is 11.8. The Hall–Kier alpha value is -2.66. The lowest BCUT2D eigenvalue weighted by Crippen LogP contribution is -2.36. The van der Waals surface area contributed by atoms with Gasteiger partial charge < -0.3 is 11.1 Å². The van der Waals surface area contributed by atoms with Gasteiger partial charge in [-0.25, -0.2) is 4.79 Å². The summed E-state index contributed by atoms with van der Waals surface area (Å²) >= 11 is 0. The van der Waals surface area contributed by atoms with Crippen LogP contribution in [0.1, 0.15) is 23.6 Å². The number of anilines is 1. The van der Waals surface area contributed by atoms with E-state index >= 15 is 0 Å². The third kappa shape index (κ3) is 4.71. The van der Waals surface area contributed by atoms with Gasteiger partial charge in [-0.05, 0) is 30.2 Å². The molecular weight excluding hydrogens is 278 g/mol. The number of carbonyl (C=O) groups is 2. The highest BCUT2D eigenvalue weighted by molar-refractivity contribution is 6.01. The molecule has 4 N–H and O–H groups in total. The molecule has 5 heteroatoms. The fraction of sp³-hybridized carbons (Fsp3) is 0.176. The second kappa shape index (κ2) is 7.38. The summed E-state index contributed by atoms with van der Waals surface area (Å²) in [5, 5.41) is 4.89. The van der Waals surface area contributed by atoms with Crippen LogP contribution in [0.4, 0.5) is 10.5 Å². The summed E-state index contributed by atoms with van der Waals surface area (Å²) in [5.41, 5.74) is 8.47. The van der Waals surface area contributed by atoms with Crippen molar-refractivity contribution in [2.75, 3.05) is 5.32 Å². The molecule has 5 nitrogen and oxygen atoms in total. The Morgan fingerprint density at radius 3 is 2.50 bits per heavy atom. The number of benzene rings is 2. The van der Waals surface area contributed by atoms with Crippen LogP contribution in [0.2, 0.25) is 0 Å². The van der Waals surface area contributed by atoms with Crippen molar-refractivity contribution in [1.82, 2.24) is 5.32 Å². The van der Waals surface area contributed by atoms with Crippen LogP contribution >= 0.6 is 0 Å². The van der Waals surface area contributed by atoms with Gasteiger partial charge in [-0.3, -0.25) is 10.1 Å². The van der Waals surface area contributed by atoms with E-state index in [2.05, 4.69) is 10.6 Å². The van der Waals surface area contributed by atoms with Crippen LogP contribution in [0.25, 0.3) is 0 Å². The average molecular weight is 297 g/mol. The van der Waals surface area contributed by atoms with E-state index in [4.69, 9.17) is 5.73 Å². The van der Waals surface area contributed by atoms with Crippen LogP contribution in [0, 0.1) is 6.92 Å². The Labute approximate surface area is 129 Å².